The van der Waals surface area contributed by atoms with E-state index >= 15 is 8.78 Å². The van der Waals surface area contributed by atoms with E-state index in [9.17, 15) is 14.2 Å². The minimum atomic E-state index is -2.79. The van der Waals surface area contributed by atoms with Gasteiger partial charge in [-0.15, -0.1) is 0 Å². The van der Waals surface area contributed by atoms with Gasteiger partial charge in [-0.1, -0.05) is 13.8 Å². The molecule has 350 valence electrons. The normalized spacial score (nSPS) is 17.9. The molecule has 0 saturated carbocycles. The number of anilines is 5. The molecular weight excluding hydrogens is 929 g/mol. The number of rotatable bonds is 15. The maximum Gasteiger partial charge on any atom is 0.234 e. The van der Waals surface area contributed by atoms with Gasteiger partial charge in [-0.25, -0.2) is 23.7 Å². The fourth-order valence-corrected chi connectivity index (χ4v) is 11.3. The Hall–Kier alpha value is -5.09. The predicted octanol–water partition coefficient (Wildman–Crippen LogP) is 8.07. The first-order chi connectivity index (χ1) is 31.7. The molecule has 5 aromatic rings. The van der Waals surface area contributed by atoms with Crippen LogP contribution in [0.5, 0.6) is 5.75 Å². The highest BCUT2D eigenvalue weighted by atomic mass is 79.9. The number of hydrogen-bond acceptors (Lipinski definition) is 13. The lowest BCUT2D eigenvalue weighted by atomic mass is 9.89. The highest BCUT2D eigenvalue weighted by molar-refractivity contribution is 9.10. The maximum absolute atomic E-state index is 15.1. The third kappa shape index (κ3) is 10.5. The van der Waals surface area contributed by atoms with E-state index in [1.165, 1.54) is 17.7 Å². The van der Waals surface area contributed by atoms with E-state index in [0.29, 0.717) is 70.6 Å². The zero-order valence-corrected chi connectivity index (χ0v) is 40.7. The summed E-state index contributed by atoms with van der Waals surface area (Å²) in [5.74, 6) is -1.21. The fourth-order valence-electron chi connectivity index (χ4n) is 9.50. The van der Waals surface area contributed by atoms with E-state index < -0.39 is 36.5 Å². The van der Waals surface area contributed by atoms with Gasteiger partial charge < -0.3 is 29.7 Å². The molecule has 18 heteroatoms. The van der Waals surface area contributed by atoms with Crippen molar-refractivity contribution < 1.29 is 27.7 Å². The molecule has 0 spiro atoms. The molecule has 8 rings (SSSR count). The summed E-state index contributed by atoms with van der Waals surface area (Å²) in [6, 6.07) is 11.2. The minimum absolute atomic E-state index is 0.0635. The van der Waals surface area contributed by atoms with Crippen LogP contribution in [0.1, 0.15) is 74.9 Å². The van der Waals surface area contributed by atoms with Crippen molar-refractivity contribution in [3.63, 3.8) is 0 Å². The van der Waals surface area contributed by atoms with Crippen LogP contribution in [0.3, 0.4) is 0 Å². The molecular formula is C48H58BrF2N10O4P. The third-order valence-corrected chi connectivity index (χ3v) is 15.1. The number of nitrogens with zero attached hydrogens (tertiary/aromatic N) is 7. The lowest BCUT2D eigenvalue weighted by Crippen LogP contribution is -2.53. The number of nitrogens with one attached hydrogen (secondary N) is 3. The van der Waals surface area contributed by atoms with Crippen molar-refractivity contribution in [1.82, 2.24) is 35.1 Å². The topological polar surface area (TPSA) is 158 Å². The van der Waals surface area contributed by atoms with Crippen molar-refractivity contribution in [1.29, 1.82) is 0 Å². The van der Waals surface area contributed by atoms with Crippen LogP contribution in [-0.2, 0) is 33.4 Å². The molecule has 0 aliphatic carbocycles. The first kappa shape index (κ1) is 47.4. The smallest absolute Gasteiger partial charge is 0.234 e. The molecule has 3 fully saturated rings. The van der Waals surface area contributed by atoms with Crippen molar-refractivity contribution in [2.75, 3.05) is 81.3 Å². The molecule has 3 aliphatic heterocycles. The number of carbonyl (C=O) groups is 2. The lowest BCUT2D eigenvalue weighted by molar-refractivity contribution is -0.134. The number of aryl methyl sites for hydroxylation is 2. The molecule has 2 amide bonds. The first-order valence-electron chi connectivity index (χ1n) is 23.0. The van der Waals surface area contributed by atoms with Crippen LogP contribution in [0.25, 0.3) is 10.9 Å². The standard InChI is InChI=1S/C48H58BrF2N10O4P/c1-6-30-25-39(56-48-53-28-34(49)46(58-48)55-38-11-10-37-33(45(38)66(4,5)64)27-52-42(7-2)54-37)41(65-8-3)26-40(30)61-17-14-31(15-18-61)60-21-19-59(20-22-60)16-13-29-23-35(50)44(36(51)24-29)32-9-12-43(62)57-47(32)63/h10-11,23-28,31-32H,6-9,12-22H2,1-5H3,(H,57,62,63)(H2,53,55,56,58). The van der Waals surface area contributed by atoms with Gasteiger partial charge in [0.1, 0.15) is 36.2 Å². The Kier molecular flexibility index (Phi) is 14.7. The van der Waals surface area contributed by atoms with Crippen LogP contribution >= 0.6 is 23.1 Å². The van der Waals surface area contributed by atoms with Crippen LogP contribution in [0.4, 0.5) is 37.6 Å². The Labute approximate surface area is 393 Å². The minimum Gasteiger partial charge on any atom is -0.492 e. The Morgan fingerprint density at radius 2 is 1.62 bits per heavy atom. The monoisotopic (exact) mass is 986 g/mol. The number of piperidine rings is 2. The zero-order valence-electron chi connectivity index (χ0n) is 38.2. The number of benzene rings is 3. The van der Waals surface area contributed by atoms with Crippen molar-refractivity contribution in [3.05, 3.63) is 87.4 Å². The SMILES string of the molecule is CCOc1cc(N2CCC(N3CCN(CCc4cc(F)c(C5CCC(=O)NC5=O)c(F)c4)CC3)CC2)c(CC)cc1Nc1ncc(Br)c(Nc2ccc3nc(CC)ncc3c2P(C)(C)=O)n1. The summed E-state index contributed by atoms with van der Waals surface area (Å²) in [7, 11) is -2.79. The van der Waals surface area contributed by atoms with Gasteiger partial charge in [-0.3, -0.25) is 19.8 Å². The Morgan fingerprint density at radius 1 is 0.879 bits per heavy atom. The Morgan fingerprint density at radius 3 is 2.29 bits per heavy atom. The van der Waals surface area contributed by atoms with Gasteiger partial charge in [0.15, 0.2) is 0 Å². The quantitative estimate of drug-likeness (QED) is 0.0684. The molecule has 1 unspecified atom stereocenters. The second-order valence-corrected chi connectivity index (χ2v) is 21.6. The molecule has 3 aliphatic rings. The first-order valence-corrected chi connectivity index (χ1v) is 26.4. The largest absolute Gasteiger partial charge is 0.492 e. The summed E-state index contributed by atoms with van der Waals surface area (Å²) in [5, 5.41) is 10.4. The summed E-state index contributed by atoms with van der Waals surface area (Å²) >= 11 is 3.62. The highest BCUT2D eigenvalue weighted by Crippen LogP contribution is 2.42. The van der Waals surface area contributed by atoms with Crippen LogP contribution in [-0.4, -0.2) is 113 Å². The second kappa shape index (κ2) is 20.4. The number of carbonyl (C=O) groups excluding carboxylic acids is 2. The summed E-state index contributed by atoms with van der Waals surface area (Å²) in [6.07, 6.45) is 7.70. The number of ether oxygens (including phenoxy) is 1. The number of imide groups is 1. The van der Waals surface area contributed by atoms with Crippen LogP contribution in [0.2, 0.25) is 0 Å². The predicted molar refractivity (Wildman–Crippen MR) is 260 cm³/mol. The average Bonchev–Trinajstić information content (AvgIpc) is 3.30. The second-order valence-electron chi connectivity index (χ2n) is 17.6. The molecule has 0 bridgehead atoms. The van der Waals surface area contributed by atoms with Gasteiger partial charge in [0, 0.05) is 105 Å². The highest BCUT2D eigenvalue weighted by Gasteiger charge is 2.33. The van der Waals surface area contributed by atoms with Crippen LogP contribution < -0.4 is 30.9 Å². The van der Waals surface area contributed by atoms with Gasteiger partial charge in [0.2, 0.25) is 17.8 Å². The molecule has 66 heavy (non-hydrogen) atoms. The molecule has 3 saturated heterocycles. The van der Waals surface area contributed by atoms with E-state index in [0.717, 1.165) is 86.6 Å². The van der Waals surface area contributed by atoms with Crippen molar-refractivity contribution in [3.8, 4) is 5.75 Å². The van der Waals surface area contributed by atoms with Crippen molar-refractivity contribution in [2.24, 2.45) is 0 Å². The molecule has 1 atom stereocenters. The molecule has 2 aromatic heterocycles. The van der Waals surface area contributed by atoms with Gasteiger partial charge in [-0.2, -0.15) is 4.98 Å². The number of amides is 2. The van der Waals surface area contributed by atoms with Gasteiger partial charge in [0.05, 0.1) is 33.9 Å². The number of halogens is 3. The summed E-state index contributed by atoms with van der Waals surface area (Å²) in [5.41, 5.74) is 4.82. The van der Waals surface area contributed by atoms with Gasteiger partial charge >= 0.3 is 0 Å². The van der Waals surface area contributed by atoms with E-state index in [2.05, 4.69) is 80.6 Å². The molecule has 3 aromatic carbocycles. The average molecular weight is 988 g/mol. The number of aromatic nitrogens is 4. The van der Waals surface area contributed by atoms with Crippen LogP contribution in [0.15, 0.2) is 53.3 Å². The van der Waals surface area contributed by atoms with Crippen molar-refractivity contribution >= 4 is 79.9 Å². The number of fused-ring (bicyclic) bond motifs is 1. The zero-order chi connectivity index (χ0) is 46.7. The fraction of sp³-hybridized carbons (Fsp3) is 0.458. The summed E-state index contributed by atoms with van der Waals surface area (Å²) in [4.78, 5) is 49.8. The Bertz CT molecular complexity index is 2650. The van der Waals surface area contributed by atoms with Crippen LogP contribution in [0, 0.1) is 11.6 Å². The lowest BCUT2D eigenvalue weighted by Gasteiger charge is -2.43. The molecule has 5 heterocycles. The number of hydrogen-bond donors (Lipinski definition) is 3. The van der Waals surface area contributed by atoms with E-state index in [4.69, 9.17) is 9.72 Å². The third-order valence-electron chi connectivity index (χ3n) is 12.9. The van der Waals surface area contributed by atoms with E-state index in [1.54, 1.807) is 25.7 Å². The van der Waals surface area contributed by atoms with E-state index in [1.807, 2.05) is 26.0 Å². The maximum atomic E-state index is 15.1. The van der Waals surface area contributed by atoms with Crippen molar-refractivity contribution in [2.45, 2.75) is 77.7 Å². The molecule has 14 nitrogen and oxygen atoms in total. The molecule has 3 N–H and O–H groups in total. The molecule has 0 radical (unpaired) electrons. The number of piperazine rings is 1. The summed E-state index contributed by atoms with van der Waals surface area (Å²) < 4.78 is 50.8. The van der Waals surface area contributed by atoms with Gasteiger partial charge in [0.25, 0.3) is 0 Å². The van der Waals surface area contributed by atoms with E-state index in [-0.39, 0.29) is 18.4 Å². The summed E-state index contributed by atoms with van der Waals surface area (Å²) in [6.45, 7) is 16.2. The Balaban J connectivity index is 0.886. The van der Waals surface area contributed by atoms with Gasteiger partial charge in [-0.05, 0) is 110 Å².